The SMILES string of the molecule is CCC(C)(c1cc(C2CCCC2)cc(C2CCCC2)c1O)c1cc(C2CCCC2)cc(C2CCCC2)c1O. The van der Waals surface area contributed by atoms with Crippen LogP contribution in [-0.4, -0.2) is 10.2 Å². The summed E-state index contributed by atoms with van der Waals surface area (Å²) in [5.41, 5.74) is 7.01. The molecular formula is C36H50O2. The number of rotatable bonds is 7. The molecule has 206 valence electrons. The van der Waals surface area contributed by atoms with Gasteiger partial charge in [0.25, 0.3) is 0 Å². The Bertz CT molecular complexity index is 1040. The molecule has 4 aliphatic rings. The van der Waals surface area contributed by atoms with E-state index in [0.717, 1.165) is 17.5 Å². The topological polar surface area (TPSA) is 40.5 Å². The lowest BCUT2D eigenvalue weighted by Gasteiger charge is -2.35. The van der Waals surface area contributed by atoms with Crippen LogP contribution in [-0.2, 0) is 5.41 Å². The molecule has 4 aliphatic carbocycles. The van der Waals surface area contributed by atoms with Crippen LogP contribution in [0.1, 0.15) is 180 Å². The highest BCUT2D eigenvalue weighted by atomic mass is 16.3. The third kappa shape index (κ3) is 4.69. The van der Waals surface area contributed by atoms with E-state index in [1.807, 2.05) is 0 Å². The van der Waals surface area contributed by atoms with Crippen LogP contribution < -0.4 is 0 Å². The standard InChI is InChI=1S/C36H50O2/c1-3-36(2,32-22-28(24-12-4-5-13-24)20-30(34(32)37)26-16-8-9-17-26)33-23-29(25-14-6-7-15-25)21-31(35(33)38)27-18-10-11-19-27/h20-27,37-38H,3-19H2,1-2H3. The molecule has 0 spiro atoms. The quantitative estimate of drug-likeness (QED) is 0.386. The first-order valence-electron chi connectivity index (χ1n) is 16.2. The third-order valence-corrected chi connectivity index (χ3v) is 11.5. The second-order valence-corrected chi connectivity index (χ2v) is 13.6. The molecule has 0 aliphatic heterocycles. The fourth-order valence-electron chi connectivity index (χ4n) is 8.81. The molecule has 0 unspecified atom stereocenters. The van der Waals surface area contributed by atoms with E-state index in [4.69, 9.17) is 0 Å². The summed E-state index contributed by atoms with van der Waals surface area (Å²) in [6.07, 6.45) is 21.1. The molecule has 4 saturated carbocycles. The predicted molar refractivity (Wildman–Crippen MR) is 158 cm³/mol. The fourth-order valence-corrected chi connectivity index (χ4v) is 8.81. The van der Waals surface area contributed by atoms with Crippen molar-refractivity contribution in [1.82, 2.24) is 0 Å². The molecule has 0 radical (unpaired) electrons. The Labute approximate surface area is 231 Å². The van der Waals surface area contributed by atoms with Crippen LogP contribution in [0.2, 0.25) is 0 Å². The third-order valence-electron chi connectivity index (χ3n) is 11.5. The minimum Gasteiger partial charge on any atom is -0.507 e. The van der Waals surface area contributed by atoms with Crippen molar-refractivity contribution in [2.45, 2.75) is 152 Å². The van der Waals surface area contributed by atoms with Crippen molar-refractivity contribution < 1.29 is 10.2 Å². The van der Waals surface area contributed by atoms with Crippen LogP contribution in [0.25, 0.3) is 0 Å². The monoisotopic (exact) mass is 514 g/mol. The number of benzene rings is 2. The maximum Gasteiger partial charge on any atom is 0.123 e. The van der Waals surface area contributed by atoms with Gasteiger partial charge >= 0.3 is 0 Å². The summed E-state index contributed by atoms with van der Waals surface area (Å²) < 4.78 is 0. The summed E-state index contributed by atoms with van der Waals surface area (Å²) in [6.45, 7) is 4.57. The highest BCUT2D eigenvalue weighted by molar-refractivity contribution is 5.59. The van der Waals surface area contributed by atoms with Crippen molar-refractivity contribution >= 4 is 0 Å². The van der Waals surface area contributed by atoms with Gasteiger partial charge in [-0.1, -0.05) is 89.5 Å². The summed E-state index contributed by atoms with van der Waals surface area (Å²) in [6, 6.07) is 9.51. The summed E-state index contributed by atoms with van der Waals surface area (Å²) in [7, 11) is 0. The van der Waals surface area contributed by atoms with E-state index in [-0.39, 0.29) is 0 Å². The van der Waals surface area contributed by atoms with Crippen molar-refractivity contribution in [3.05, 3.63) is 57.6 Å². The Hall–Kier alpha value is -1.96. The van der Waals surface area contributed by atoms with E-state index in [1.165, 1.54) is 125 Å². The first-order chi connectivity index (χ1) is 18.5. The molecule has 0 bridgehead atoms. The molecule has 2 heteroatoms. The van der Waals surface area contributed by atoms with Gasteiger partial charge in [-0.15, -0.1) is 0 Å². The van der Waals surface area contributed by atoms with Gasteiger partial charge in [-0.3, -0.25) is 0 Å². The van der Waals surface area contributed by atoms with E-state index in [9.17, 15) is 10.2 Å². The minimum atomic E-state index is -0.419. The molecule has 0 heterocycles. The molecule has 2 aromatic rings. The number of aromatic hydroxyl groups is 2. The summed E-state index contributed by atoms with van der Waals surface area (Å²) in [5, 5.41) is 24.0. The number of phenolic OH excluding ortho intramolecular Hbond substituents is 2. The van der Waals surface area contributed by atoms with Gasteiger partial charge in [-0.25, -0.2) is 0 Å². The lowest BCUT2D eigenvalue weighted by atomic mass is 9.69. The lowest BCUT2D eigenvalue weighted by Crippen LogP contribution is -2.25. The number of hydrogen-bond donors (Lipinski definition) is 2. The van der Waals surface area contributed by atoms with Crippen LogP contribution >= 0.6 is 0 Å². The maximum absolute atomic E-state index is 12.0. The lowest BCUT2D eigenvalue weighted by molar-refractivity contribution is 0.408. The number of phenols is 2. The highest BCUT2D eigenvalue weighted by Gasteiger charge is 2.38. The largest absolute Gasteiger partial charge is 0.507 e. The van der Waals surface area contributed by atoms with Gasteiger partial charge < -0.3 is 10.2 Å². The van der Waals surface area contributed by atoms with Gasteiger partial charge in [0.05, 0.1) is 0 Å². The summed E-state index contributed by atoms with van der Waals surface area (Å²) >= 11 is 0. The van der Waals surface area contributed by atoms with Gasteiger partial charge in [-0.2, -0.15) is 0 Å². The van der Waals surface area contributed by atoms with Crippen LogP contribution in [0, 0.1) is 0 Å². The molecule has 2 aromatic carbocycles. The molecular weight excluding hydrogens is 464 g/mol. The number of hydrogen-bond acceptors (Lipinski definition) is 2. The molecule has 6 rings (SSSR count). The van der Waals surface area contributed by atoms with Crippen molar-refractivity contribution in [3.8, 4) is 11.5 Å². The first kappa shape index (κ1) is 26.3. The summed E-state index contributed by atoms with van der Waals surface area (Å²) in [5.74, 6) is 3.23. The van der Waals surface area contributed by atoms with Crippen LogP contribution in [0.4, 0.5) is 0 Å². The van der Waals surface area contributed by atoms with E-state index >= 15 is 0 Å². The first-order valence-corrected chi connectivity index (χ1v) is 16.2. The zero-order valence-electron chi connectivity index (χ0n) is 24.0. The van der Waals surface area contributed by atoms with Crippen LogP contribution in [0.3, 0.4) is 0 Å². The Kier molecular flexibility index (Phi) is 7.53. The fraction of sp³-hybridized carbons (Fsp3) is 0.667. The van der Waals surface area contributed by atoms with Gasteiger partial charge in [0.15, 0.2) is 0 Å². The molecule has 0 aromatic heterocycles. The zero-order chi connectivity index (χ0) is 26.3. The molecule has 2 N–H and O–H groups in total. The van der Waals surface area contributed by atoms with E-state index in [2.05, 4.69) is 38.1 Å². The Morgan fingerprint density at radius 2 is 0.868 bits per heavy atom. The smallest absolute Gasteiger partial charge is 0.123 e. The van der Waals surface area contributed by atoms with Crippen molar-refractivity contribution in [2.24, 2.45) is 0 Å². The predicted octanol–water partition coefficient (Wildman–Crippen LogP) is 10.4. The summed E-state index contributed by atoms with van der Waals surface area (Å²) in [4.78, 5) is 0. The molecule has 38 heavy (non-hydrogen) atoms. The van der Waals surface area contributed by atoms with Gasteiger partial charge in [0, 0.05) is 16.5 Å². The zero-order valence-corrected chi connectivity index (χ0v) is 24.0. The van der Waals surface area contributed by atoms with Crippen molar-refractivity contribution in [2.75, 3.05) is 0 Å². The van der Waals surface area contributed by atoms with Gasteiger partial charge in [0.2, 0.25) is 0 Å². The Morgan fingerprint density at radius 1 is 0.553 bits per heavy atom. The minimum absolute atomic E-state index is 0.419. The van der Waals surface area contributed by atoms with Crippen LogP contribution in [0.5, 0.6) is 11.5 Å². The molecule has 0 atom stereocenters. The normalized spacial score (nSPS) is 22.3. The molecule has 2 nitrogen and oxygen atoms in total. The van der Waals surface area contributed by atoms with E-state index in [0.29, 0.717) is 35.2 Å². The molecule has 0 amide bonds. The van der Waals surface area contributed by atoms with Crippen molar-refractivity contribution in [1.29, 1.82) is 0 Å². The second kappa shape index (κ2) is 10.9. The van der Waals surface area contributed by atoms with E-state index in [1.54, 1.807) is 0 Å². The Morgan fingerprint density at radius 3 is 1.18 bits per heavy atom. The average Bonchev–Trinajstić information content (AvgIpc) is 3.76. The highest BCUT2D eigenvalue weighted by Crippen LogP contribution is 2.53. The van der Waals surface area contributed by atoms with Gasteiger partial charge in [0.1, 0.15) is 11.5 Å². The Balaban J connectivity index is 1.53. The maximum atomic E-state index is 12.0. The molecule has 0 saturated heterocycles. The second-order valence-electron chi connectivity index (χ2n) is 13.6. The van der Waals surface area contributed by atoms with Crippen LogP contribution in [0.15, 0.2) is 24.3 Å². The van der Waals surface area contributed by atoms with Gasteiger partial charge in [-0.05, 0) is 104 Å². The average molecular weight is 515 g/mol. The van der Waals surface area contributed by atoms with E-state index < -0.39 is 5.41 Å². The van der Waals surface area contributed by atoms with Crippen molar-refractivity contribution in [3.63, 3.8) is 0 Å². The molecule has 4 fully saturated rings.